The van der Waals surface area contributed by atoms with Crippen LogP contribution in [-0.4, -0.2) is 41.4 Å². The standard InChI is InChI=1S/C32H27NO7/c1-15-13-24(35)28-23(29(15)36)14-22-19(26(28)20-5-4-6-25(40-3)30(20)37)11-12-21-27(22)32(39)33(31(21)38)18-9-7-17(8-10-18)16(2)34/h4-11,13,21-22,26-27,37H,12,14H2,1-3H3/t21-,22+,26+,27-/m0/s1. The molecule has 0 unspecified atom stereocenters. The number of phenols is 1. The van der Waals surface area contributed by atoms with Crippen molar-refractivity contribution in [2.24, 2.45) is 17.8 Å². The average molecular weight is 538 g/mol. The minimum absolute atomic E-state index is 0.123. The number of rotatable bonds is 4. The number of carbonyl (C=O) groups excluding carboxylic acids is 5. The number of methoxy groups -OCH3 is 1. The third-order valence-electron chi connectivity index (χ3n) is 8.66. The van der Waals surface area contributed by atoms with Gasteiger partial charge in [0.2, 0.25) is 11.8 Å². The van der Waals surface area contributed by atoms with Crippen LogP contribution in [0.3, 0.4) is 0 Å². The summed E-state index contributed by atoms with van der Waals surface area (Å²) in [5, 5.41) is 11.1. The van der Waals surface area contributed by atoms with Crippen molar-refractivity contribution < 1.29 is 33.8 Å². The van der Waals surface area contributed by atoms with E-state index in [-0.39, 0.29) is 53.5 Å². The van der Waals surface area contributed by atoms with Crippen LogP contribution in [0, 0.1) is 17.8 Å². The maximum atomic E-state index is 14.0. The SMILES string of the molecule is COc1cccc([C@H]2C3=CC[C@@H]4C(=O)N(c5ccc(C(C)=O)cc5)C(=O)[C@@H]4[C@@H]3CC3=C2C(=O)C=C(C)C3=O)c1O. The van der Waals surface area contributed by atoms with Crippen molar-refractivity contribution in [3.63, 3.8) is 0 Å². The first-order valence-corrected chi connectivity index (χ1v) is 13.2. The highest BCUT2D eigenvalue weighted by Gasteiger charge is 2.56. The monoisotopic (exact) mass is 537 g/mol. The molecule has 1 aliphatic heterocycles. The number of amides is 2. The van der Waals surface area contributed by atoms with Gasteiger partial charge >= 0.3 is 0 Å². The first-order chi connectivity index (χ1) is 19.1. The van der Waals surface area contributed by atoms with Crippen molar-refractivity contribution in [3.8, 4) is 11.5 Å². The average Bonchev–Trinajstić information content (AvgIpc) is 3.20. The lowest BCUT2D eigenvalue weighted by Gasteiger charge is -2.42. The quantitative estimate of drug-likeness (QED) is 0.268. The Morgan fingerprint density at radius 2 is 1.73 bits per heavy atom. The van der Waals surface area contributed by atoms with E-state index < -0.39 is 23.7 Å². The molecule has 2 aromatic carbocycles. The second kappa shape index (κ2) is 9.26. The molecule has 0 aromatic heterocycles. The summed E-state index contributed by atoms with van der Waals surface area (Å²) in [5.41, 5.74) is 2.95. The van der Waals surface area contributed by atoms with Gasteiger partial charge in [-0.1, -0.05) is 23.8 Å². The highest BCUT2D eigenvalue weighted by atomic mass is 16.5. The summed E-state index contributed by atoms with van der Waals surface area (Å²) in [6.45, 7) is 3.04. The summed E-state index contributed by atoms with van der Waals surface area (Å²) in [6.07, 6.45) is 3.66. The molecule has 2 aromatic rings. The molecule has 3 aliphatic carbocycles. The zero-order valence-corrected chi connectivity index (χ0v) is 22.3. The van der Waals surface area contributed by atoms with Crippen LogP contribution >= 0.6 is 0 Å². The summed E-state index contributed by atoms with van der Waals surface area (Å²) in [4.78, 5) is 67.3. The van der Waals surface area contributed by atoms with Gasteiger partial charge < -0.3 is 9.84 Å². The number of allylic oxidation sites excluding steroid dienone is 6. The van der Waals surface area contributed by atoms with Crippen LogP contribution < -0.4 is 9.64 Å². The molecule has 4 atom stereocenters. The molecule has 2 amide bonds. The van der Waals surface area contributed by atoms with Gasteiger partial charge in [-0.2, -0.15) is 0 Å². The summed E-state index contributed by atoms with van der Waals surface area (Å²) < 4.78 is 5.32. The molecule has 0 saturated carbocycles. The van der Waals surface area contributed by atoms with Crippen LogP contribution in [0.1, 0.15) is 48.5 Å². The number of imide groups is 1. The Balaban J connectivity index is 1.47. The molecular formula is C32H27NO7. The molecule has 1 heterocycles. The van der Waals surface area contributed by atoms with Gasteiger partial charge in [-0.25, -0.2) is 0 Å². The van der Waals surface area contributed by atoms with Crippen molar-refractivity contribution in [1.29, 1.82) is 0 Å². The van der Waals surface area contributed by atoms with Crippen LogP contribution in [-0.2, 0) is 19.2 Å². The highest BCUT2D eigenvalue weighted by Crippen LogP contribution is 2.57. The lowest BCUT2D eigenvalue weighted by Crippen LogP contribution is -2.39. The number of para-hydroxylation sites is 1. The largest absolute Gasteiger partial charge is 0.504 e. The lowest BCUT2D eigenvalue weighted by molar-refractivity contribution is -0.123. The summed E-state index contributed by atoms with van der Waals surface area (Å²) in [5.74, 6) is -3.96. The molecule has 6 rings (SSSR count). The number of ketones is 3. The first kappa shape index (κ1) is 25.7. The van der Waals surface area contributed by atoms with E-state index in [0.29, 0.717) is 33.5 Å². The van der Waals surface area contributed by atoms with Crippen LogP contribution in [0.15, 0.2) is 76.9 Å². The van der Waals surface area contributed by atoms with Crippen LogP contribution in [0.5, 0.6) is 11.5 Å². The van der Waals surface area contributed by atoms with Crippen molar-refractivity contribution in [2.75, 3.05) is 12.0 Å². The van der Waals surface area contributed by atoms with E-state index in [2.05, 4.69) is 0 Å². The van der Waals surface area contributed by atoms with E-state index >= 15 is 0 Å². The molecule has 4 aliphatic rings. The van der Waals surface area contributed by atoms with Gasteiger partial charge in [0.1, 0.15) is 0 Å². The second-order valence-corrected chi connectivity index (χ2v) is 10.7. The van der Waals surface area contributed by atoms with Crippen molar-refractivity contribution in [3.05, 3.63) is 88.0 Å². The van der Waals surface area contributed by atoms with Crippen molar-refractivity contribution >= 4 is 34.9 Å². The molecule has 8 nitrogen and oxygen atoms in total. The number of phenolic OH excluding ortho intramolecular Hbond substituents is 1. The van der Waals surface area contributed by atoms with Gasteiger partial charge in [-0.3, -0.25) is 28.9 Å². The second-order valence-electron chi connectivity index (χ2n) is 10.7. The van der Waals surface area contributed by atoms with E-state index in [1.54, 1.807) is 49.4 Å². The Morgan fingerprint density at radius 1 is 1.00 bits per heavy atom. The maximum Gasteiger partial charge on any atom is 0.238 e. The fraction of sp³-hybridized carbons (Fsp3) is 0.281. The first-order valence-electron chi connectivity index (χ1n) is 13.2. The zero-order valence-electron chi connectivity index (χ0n) is 22.3. The number of fused-ring (bicyclic) bond motifs is 3. The van der Waals surface area contributed by atoms with Gasteiger partial charge in [0, 0.05) is 33.8 Å². The lowest BCUT2D eigenvalue weighted by atomic mass is 9.59. The van der Waals surface area contributed by atoms with E-state index in [9.17, 15) is 29.1 Å². The summed E-state index contributed by atoms with van der Waals surface area (Å²) in [6, 6.07) is 11.4. The van der Waals surface area contributed by atoms with E-state index in [4.69, 9.17) is 4.74 Å². The molecule has 0 spiro atoms. The Bertz CT molecular complexity index is 1620. The number of ether oxygens (including phenoxy) is 1. The number of Topliss-reactive ketones (excluding diaryl/α,β-unsaturated/α-hetero) is 2. The molecule has 202 valence electrons. The Morgan fingerprint density at radius 3 is 2.40 bits per heavy atom. The summed E-state index contributed by atoms with van der Waals surface area (Å²) in [7, 11) is 1.43. The van der Waals surface area contributed by atoms with E-state index in [0.717, 1.165) is 5.57 Å². The number of aromatic hydroxyl groups is 1. The molecule has 0 bridgehead atoms. The molecule has 0 radical (unpaired) electrons. The number of benzene rings is 2. The molecule has 1 saturated heterocycles. The number of hydrogen-bond acceptors (Lipinski definition) is 7. The normalized spacial score (nSPS) is 25.7. The molecule has 8 heteroatoms. The minimum Gasteiger partial charge on any atom is -0.504 e. The van der Waals surface area contributed by atoms with E-state index in [1.165, 1.54) is 25.0 Å². The third kappa shape index (κ3) is 3.62. The van der Waals surface area contributed by atoms with Gasteiger partial charge in [0.05, 0.1) is 24.6 Å². The number of anilines is 1. The molecular weight excluding hydrogens is 510 g/mol. The van der Waals surface area contributed by atoms with Gasteiger partial charge in [-0.15, -0.1) is 0 Å². The van der Waals surface area contributed by atoms with Crippen LogP contribution in [0.2, 0.25) is 0 Å². The molecule has 40 heavy (non-hydrogen) atoms. The van der Waals surface area contributed by atoms with Crippen LogP contribution in [0.4, 0.5) is 5.69 Å². The van der Waals surface area contributed by atoms with Gasteiger partial charge in [-0.05, 0) is 69.0 Å². The zero-order chi connectivity index (χ0) is 28.5. The Hall–Kier alpha value is -4.59. The van der Waals surface area contributed by atoms with Crippen molar-refractivity contribution in [2.45, 2.75) is 32.6 Å². The fourth-order valence-electron chi connectivity index (χ4n) is 6.77. The number of hydrogen-bond donors (Lipinski definition) is 1. The van der Waals surface area contributed by atoms with E-state index in [1.807, 2.05) is 6.08 Å². The topological polar surface area (TPSA) is 118 Å². The Labute approximate surface area is 230 Å². The fourth-order valence-corrected chi connectivity index (χ4v) is 6.77. The van der Waals surface area contributed by atoms with Crippen molar-refractivity contribution in [1.82, 2.24) is 0 Å². The summed E-state index contributed by atoms with van der Waals surface area (Å²) >= 11 is 0. The number of carbonyl (C=O) groups is 5. The Kier molecular flexibility index (Phi) is 5.94. The molecule has 1 N–H and O–H groups in total. The highest BCUT2D eigenvalue weighted by molar-refractivity contribution is 6.25. The third-order valence-corrected chi connectivity index (χ3v) is 8.66. The van der Waals surface area contributed by atoms with Gasteiger partial charge in [0.25, 0.3) is 0 Å². The molecule has 1 fully saturated rings. The predicted octanol–water partition coefficient (Wildman–Crippen LogP) is 4.24. The smallest absolute Gasteiger partial charge is 0.238 e. The predicted molar refractivity (Wildman–Crippen MR) is 145 cm³/mol. The minimum atomic E-state index is -0.766. The number of nitrogens with zero attached hydrogens (tertiary/aromatic N) is 1. The van der Waals surface area contributed by atoms with Gasteiger partial charge in [0.15, 0.2) is 28.8 Å². The van der Waals surface area contributed by atoms with Crippen LogP contribution in [0.25, 0.3) is 0 Å². The maximum absolute atomic E-state index is 14.0.